The maximum atomic E-state index is 5.99. The van der Waals surface area contributed by atoms with Gasteiger partial charge in [-0.2, -0.15) is 5.10 Å². The minimum Gasteiger partial charge on any atom is -0.399 e. The van der Waals surface area contributed by atoms with Crippen LogP contribution in [0.4, 0.5) is 11.4 Å². The molecule has 0 aliphatic heterocycles. The van der Waals surface area contributed by atoms with Crippen molar-refractivity contribution < 1.29 is 0 Å². The molecule has 0 fully saturated rings. The van der Waals surface area contributed by atoms with E-state index in [2.05, 4.69) is 15.5 Å². The number of nitrogen functional groups attached to an aromatic ring is 1. The van der Waals surface area contributed by atoms with E-state index in [4.69, 9.17) is 17.3 Å². The van der Waals surface area contributed by atoms with Gasteiger partial charge in [-0.1, -0.05) is 23.7 Å². The fraction of sp³-hybridized carbons (Fsp3) is 0.0588. The molecule has 5 heteroatoms. The van der Waals surface area contributed by atoms with E-state index in [-0.39, 0.29) is 0 Å². The molecule has 110 valence electrons. The van der Waals surface area contributed by atoms with Gasteiger partial charge in [0.05, 0.1) is 16.9 Å². The summed E-state index contributed by atoms with van der Waals surface area (Å²) in [4.78, 5) is 4.31. The van der Waals surface area contributed by atoms with Crippen molar-refractivity contribution in [3.63, 3.8) is 0 Å². The Morgan fingerprint density at radius 3 is 2.86 bits per heavy atom. The number of nitrogens with one attached hydrogen (secondary N) is 1. The van der Waals surface area contributed by atoms with Gasteiger partial charge in [0.25, 0.3) is 0 Å². The first kappa shape index (κ1) is 14.4. The smallest absolute Gasteiger partial charge is 0.0738 e. The highest BCUT2D eigenvalue weighted by molar-refractivity contribution is 6.31. The molecule has 0 saturated carbocycles. The third-order valence-electron chi connectivity index (χ3n) is 3.35. The molecule has 0 unspecified atom stereocenters. The van der Waals surface area contributed by atoms with Gasteiger partial charge in [0, 0.05) is 22.3 Å². The van der Waals surface area contributed by atoms with Crippen molar-refractivity contribution in [2.45, 2.75) is 6.92 Å². The van der Waals surface area contributed by atoms with Gasteiger partial charge >= 0.3 is 0 Å². The molecule has 0 bridgehead atoms. The first-order valence-corrected chi connectivity index (χ1v) is 7.22. The molecule has 0 aliphatic carbocycles. The molecule has 3 N–H and O–H groups in total. The number of anilines is 2. The van der Waals surface area contributed by atoms with Crippen LogP contribution < -0.4 is 11.2 Å². The molecule has 3 aromatic rings. The number of hydrogen-bond donors (Lipinski definition) is 2. The normalized spacial score (nSPS) is 11.6. The second-order valence-electron chi connectivity index (χ2n) is 4.95. The molecule has 0 amide bonds. The maximum absolute atomic E-state index is 5.99. The molecule has 22 heavy (non-hydrogen) atoms. The number of aromatic nitrogens is 1. The predicted octanol–water partition coefficient (Wildman–Crippen LogP) is 4.31. The van der Waals surface area contributed by atoms with E-state index in [9.17, 15) is 0 Å². The van der Waals surface area contributed by atoms with Crippen LogP contribution in [-0.4, -0.2) is 10.7 Å². The Kier molecular flexibility index (Phi) is 3.94. The van der Waals surface area contributed by atoms with Gasteiger partial charge < -0.3 is 5.73 Å². The van der Waals surface area contributed by atoms with Gasteiger partial charge in [0.2, 0.25) is 0 Å². The SMILES string of the molecule is C/C(=N\Nc1ccnc2cc(Cl)ccc12)c1cccc(N)c1. The highest BCUT2D eigenvalue weighted by Gasteiger charge is 2.03. The van der Waals surface area contributed by atoms with E-state index in [0.717, 1.165) is 33.6 Å². The average Bonchev–Trinajstić information content (AvgIpc) is 2.52. The lowest BCUT2D eigenvalue weighted by Gasteiger charge is -2.07. The van der Waals surface area contributed by atoms with E-state index in [0.29, 0.717) is 5.02 Å². The summed E-state index contributed by atoms with van der Waals surface area (Å²) in [5.41, 5.74) is 13.1. The zero-order chi connectivity index (χ0) is 15.5. The molecule has 1 heterocycles. The number of hydrogen-bond acceptors (Lipinski definition) is 4. The molecule has 0 saturated heterocycles. The fourth-order valence-corrected chi connectivity index (χ4v) is 2.36. The minimum atomic E-state index is 0.664. The summed E-state index contributed by atoms with van der Waals surface area (Å²) in [6.07, 6.45) is 1.73. The highest BCUT2D eigenvalue weighted by Crippen LogP contribution is 2.24. The number of benzene rings is 2. The van der Waals surface area contributed by atoms with Crippen LogP contribution in [0.15, 0.2) is 59.8 Å². The van der Waals surface area contributed by atoms with Crippen LogP contribution in [-0.2, 0) is 0 Å². The fourth-order valence-electron chi connectivity index (χ4n) is 2.19. The van der Waals surface area contributed by atoms with Gasteiger partial charge in [0.15, 0.2) is 0 Å². The third-order valence-corrected chi connectivity index (χ3v) is 3.59. The number of rotatable bonds is 3. The number of halogens is 1. The number of fused-ring (bicyclic) bond motifs is 1. The van der Waals surface area contributed by atoms with Gasteiger partial charge in [0.1, 0.15) is 0 Å². The Labute approximate surface area is 133 Å². The van der Waals surface area contributed by atoms with Gasteiger partial charge in [-0.25, -0.2) is 0 Å². The largest absolute Gasteiger partial charge is 0.399 e. The lowest BCUT2D eigenvalue weighted by atomic mass is 10.1. The van der Waals surface area contributed by atoms with Crippen molar-refractivity contribution in [1.82, 2.24) is 4.98 Å². The Morgan fingerprint density at radius 2 is 2.05 bits per heavy atom. The first-order valence-electron chi connectivity index (χ1n) is 6.84. The zero-order valence-corrected chi connectivity index (χ0v) is 12.8. The highest BCUT2D eigenvalue weighted by atomic mass is 35.5. The second-order valence-corrected chi connectivity index (χ2v) is 5.39. The Balaban J connectivity index is 1.92. The number of nitrogens with zero attached hydrogens (tertiary/aromatic N) is 2. The van der Waals surface area contributed by atoms with Crippen molar-refractivity contribution in [2.24, 2.45) is 5.10 Å². The molecule has 2 aromatic carbocycles. The Bertz CT molecular complexity index is 858. The summed E-state index contributed by atoms with van der Waals surface area (Å²) in [5.74, 6) is 0. The lowest BCUT2D eigenvalue weighted by molar-refractivity contribution is 1.31. The summed E-state index contributed by atoms with van der Waals surface area (Å²) >= 11 is 5.99. The van der Waals surface area contributed by atoms with E-state index in [1.165, 1.54) is 0 Å². The second kappa shape index (κ2) is 6.03. The summed E-state index contributed by atoms with van der Waals surface area (Å²) in [7, 11) is 0. The van der Waals surface area contributed by atoms with Gasteiger partial charge in [-0.05, 0) is 48.9 Å². The van der Waals surface area contributed by atoms with E-state index >= 15 is 0 Å². The van der Waals surface area contributed by atoms with Crippen LogP contribution in [0.1, 0.15) is 12.5 Å². The Hall–Kier alpha value is -2.59. The molecule has 1 aromatic heterocycles. The third kappa shape index (κ3) is 3.02. The minimum absolute atomic E-state index is 0.664. The number of pyridine rings is 1. The topological polar surface area (TPSA) is 63.3 Å². The summed E-state index contributed by atoms with van der Waals surface area (Å²) in [5, 5.41) is 6.06. The van der Waals surface area contributed by atoms with Crippen molar-refractivity contribution in [2.75, 3.05) is 11.2 Å². The summed E-state index contributed by atoms with van der Waals surface area (Å²) in [6, 6.07) is 15.1. The van der Waals surface area contributed by atoms with E-state index in [1.54, 1.807) is 6.20 Å². The number of nitrogens with two attached hydrogens (primary N) is 1. The molecule has 0 aliphatic rings. The van der Waals surface area contributed by atoms with Gasteiger partial charge in [-0.15, -0.1) is 0 Å². The molecular weight excluding hydrogens is 296 g/mol. The van der Waals surface area contributed by atoms with Crippen molar-refractivity contribution in [3.8, 4) is 0 Å². The summed E-state index contributed by atoms with van der Waals surface area (Å²) in [6.45, 7) is 1.93. The van der Waals surface area contributed by atoms with Crippen molar-refractivity contribution in [1.29, 1.82) is 0 Å². The molecule has 0 atom stereocenters. The number of hydrazone groups is 1. The Morgan fingerprint density at radius 1 is 1.18 bits per heavy atom. The quantitative estimate of drug-likeness (QED) is 0.430. The van der Waals surface area contributed by atoms with Crippen LogP contribution in [0, 0.1) is 0 Å². The van der Waals surface area contributed by atoms with Crippen molar-refractivity contribution in [3.05, 3.63) is 65.3 Å². The summed E-state index contributed by atoms with van der Waals surface area (Å²) < 4.78 is 0. The lowest BCUT2D eigenvalue weighted by Crippen LogP contribution is -2.01. The molecule has 0 spiro atoms. The standard InChI is InChI=1S/C17H15ClN4/c1-11(12-3-2-4-14(19)9-12)21-22-16-7-8-20-17-10-13(18)5-6-15(16)17/h2-10H,19H2,1H3,(H,20,22)/b21-11+. The van der Waals surface area contributed by atoms with E-state index < -0.39 is 0 Å². The monoisotopic (exact) mass is 310 g/mol. The predicted molar refractivity (Wildman–Crippen MR) is 93.4 cm³/mol. The van der Waals surface area contributed by atoms with Gasteiger partial charge in [-0.3, -0.25) is 10.4 Å². The van der Waals surface area contributed by atoms with Crippen LogP contribution >= 0.6 is 11.6 Å². The van der Waals surface area contributed by atoms with Crippen LogP contribution in [0.25, 0.3) is 10.9 Å². The molecule has 0 radical (unpaired) electrons. The molecular formula is C17H15ClN4. The zero-order valence-electron chi connectivity index (χ0n) is 12.0. The van der Waals surface area contributed by atoms with Crippen LogP contribution in [0.2, 0.25) is 5.02 Å². The van der Waals surface area contributed by atoms with Crippen LogP contribution in [0.3, 0.4) is 0 Å². The van der Waals surface area contributed by atoms with Crippen LogP contribution in [0.5, 0.6) is 0 Å². The average molecular weight is 311 g/mol. The maximum Gasteiger partial charge on any atom is 0.0738 e. The first-order chi connectivity index (χ1) is 10.6. The van der Waals surface area contributed by atoms with Crippen molar-refractivity contribution >= 4 is 39.6 Å². The van der Waals surface area contributed by atoms with E-state index in [1.807, 2.05) is 55.5 Å². The molecule has 3 rings (SSSR count). The molecule has 4 nitrogen and oxygen atoms in total.